The summed E-state index contributed by atoms with van der Waals surface area (Å²) in [4.78, 5) is 13.4. The standard InChI is InChI=1S/C8H10F2N2O2/c1-14-6-2-4(7(9)10)5(3-11)12-8(6)13/h2,7H,3,11H2,1H3,(H,12,13). The summed E-state index contributed by atoms with van der Waals surface area (Å²) < 4.78 is 29.5. The predicted octanol–water partition coefficient (Wildman–Crippen LogP) is 0.780. The number of pyridine rings is 1. The molecule has 1 heterocycles. The van der Waals surface area contributed by atoms with Gasteiger partial charge in [-0.2, -0.15) is 0 Å². The number of alkyl halides is 2. The lowest BCUT2D eigenvalue weighted by atomic mass is 10.2. The summed E-state index contributed by atoms with van der Waals surface area (Å²) in [5, 5.41) is 0. The highest BCUT2D eigenvalue weighted by Gasteiger charge is 2.15. The van der Waals surface area contributed by atoms with Gasteiger partial charge in [0, 0.05) is 17.8 Å². The summed E-state index contributed by atoms with van der Waals surface area (Å²) in [5.41, 5.74) is 4.38. The Morgan fingerprint density at radius 2 is 2.29 bits per heavy atom. The topological polar surface area (TPSA) is 68.1 Å². The van der Waals surface area contributed by atoms with Crippen molar-refractivity contribution in [1.82, 2.24) is 4.98 Å². The Balaban J connectivity index is 3.32. The fourth-order valence-corrected chi connectivity index (χ4v) is 1.08. The molecule has 0 aliphatic rings. The Morgan fingerprint density at radius 3 is 2.71 bits per heavy atom. The van der Waals surface area contributed by atoms with Crippen LogP contribution < -0.4 is 16.0 Å². The maximum atomic E-state index is 12.4. The van der Waals surface area contributed by atoms with Gasteiger partial charge in [-0.3, -0.25) is 4.79 Å². The molecule has 0 saturated heterocycles. The van der Waals surface area contributed by atoms with Crippen LogP contribution in [-0.2, 0) is 6.54 Å². The Kier molecular flexibility index (Phi) is 3.19. The number of nitrogens with one attached hydrogen (secondary N) is 1. The lowest BCUT2D eigenvalue weighted by Crippen LogP contribution is -2.16. The Hall–Kier alpha value is -1.43. The van der Waals surface area contributed by atoms with Crippen LogP contribution in [0, 0.1) is 0 Å². The van der Waals surface area contributed by atoms with Gasteiger partial charge in [-0.1, -0.05) is 0 Å². The SMILES string of the molecule is COc1cc(C(F)F)c(CN)[nH]c1=O. The molecule has 6 heteroatoms. The van der Waals surface area contributed by atoms with Gasteiger partial charge in [0.2, 0.25) is 0 Å². The third kappa shape index (κ3) is 1.90. The second-order valence-electron chi connectivity index (χ2n) is 2.61. The van der Waals surface area contributed by atoms with E-state index in [1.54, 1.807) is 0 Å². The van der Waals surface area contributed by atoms with Crippen LogP contribution in [0.3, 0.4) is 0 Å². The van der Waals surface area contributed by atoms with E-state index in [4.69, 9.17) is 5.73 Å². The first kappa shape index (κ1) is 10.6. The van der Waals surface area contributed by atoms with E-state index < -0.39 is 12.0 Å². The smallest absolute Gasteiger partial charge is 0.290 e. The van der Waals surface area contributed by atoms with Gasteiger partial charge in [-0.05, 0) is 6.07 Å². The molecular formula is C8H10F2N2O2. The zero-order chi connectivity index (χ0) is 10.7. The molecular weight excluding hydrogens is 194 g/mol. The molecule has 0 radical (unpaired) electrons. The molecule has 0 aromatic carbocycles. The second-order valence-corrected chi connectivity index (χ2v) is 2.61. The quantitative estimate of drug-likeness (QED) is 0.764. The van der Waals surface area contributed by atoms with Gasteiger partial charge < -0.3 is 15.5 Å². The third-order valence-electron chi connectivity index (χ3n) is 1.78. The van der Waals surface area contributed by atoms with Gasteiger partial charge in [0.25, 0.3) is 12.0 Å². The highest BCUT2D eigenvalue weighted by Crippen LogP contribution is 2.23. The minimum absolute atomic E-state index is 0.0331. The van der Waals surface area contributed by atoms with Crippen LogP contribution in [0.2, 0.25) is 0 Å². The molecule has 0 aliphatic heterocycles. The Labute approximate surface area is 78.7 Å². The Morgan fingerprint density at radius 1 is 1.64 bits per heavy atom. The van der Waals surface area contributed by atoms with Crippen molar-refractivity contribution in [2.75, 3.05) is 7.11 Å². The van der Waals surface area contributed by atoms with Crippen LogP contribution in [0.15, 0.2) is 10.9 Å². The summed E-state index contributed by atoms with van der Waals surface area (Å²) >= 11 is 0. The van der Waals surface area contributed by atoms with Gasteiger partial charge in [0.05, 0.1) is 7.11 Å². The number of nitrogens with two attached hydrogens (primary N) is 1. The van der Waals surface area contributed by atoms with Crippen molar-refractivity contribution in [1.29, 1.82) is 0 Å². The fraction of sp³-hybridized carbons (Fsp3) is 0.375. The lowest BCUT2D eigenvalue weighted by Gasteiger charge is -2.08. The summed E-state index contributed by atoms with van der Waals surface area (Å²) in [6, 6.07) is 1.01. The number of hydrogen-bond acceptors (Lipinski definition) is 3. The number of hydrogen-bond donors (Lipinski definition) is 2. The van der Waals surface area contributed by atoms with Crippen LogP contribution in [0.4, 0.5) is 8.78 Å². The average molecular weight is 204 g/mol. The molecule has 4 nitrogen and oxygen atoms in total. The monoisotopic (exact) mass is 204 g/mol. The molecule has 1 aromatic heterocycles. The molecule has 0 bridgehead atoms. The van der Waals surface area contributed by atoms with E-state index >= 15 is 0 Å². The molecule has 1 aromatic rings. The van der Waals surface area contributed by atoms with E-state index in [-0.39, 0.29) is 23.6 Å². The molecule has 0 amide bonds. The van der Waals surface area contributed by atoms with Crippen molar-refractivity contribution < 1.29 is 13.5 Å². The van der Waals surface area contributed by atoms with E-state index in [0.29, 0.717) is 0 Å². The van der Waals surface area contributed by atoms with Crippen molar-refractivity contribution in [3.8, 4) is 5.75 Å². The van der Waals surface area contributed by atoms with Crippen molar-refractivity contribution in [3.63, 3.8) is 0 Å². The minimum Gasteiger partial charge on any atom is -0.491 e. The maximum absolute atomic E-state index is 12.4. The highest BCUT2D eigenvalue weighted by molar-refractivity contribution is 5.30. The molecule has 0 fully saturated rings. The van der Waals surface area contributed by atoms with E-state index in [0.717, 1.165) is 6.07 Å². The van der Waals surface area contributed by atoms with Gasteiger partial charge in [0.1, 0.15) is 0 Å². The molecule has 1 rings (SSSR count). The third-order valence-corrected chi connectivity index (χ3v) is 1.78. The number of methoxy groups -OCH3 is 1. The van der Waals surface area contributed by atoms with Crippen LogP contribution in [0.25, 0.3) is 0 Å². The first-order valence-corrected chi connectivity index (χ1v) is 3.88. The molecule has 3 N–H and O–H groups in total. The highest BCUT2D eigenvalue weighted by atomic mass is 19.3. The summed E-state index contributed by atoms with van der Waals surface area (Å²) in [6.45, 7) is -0.140. The number of H-pyrrole nitrogens is 1. The molecule has 0 saturated carbocycles. The number of halogens is 2. The van der Waals surface area contributed by atoms with Gasteiger partial charge >= 0.3 is 0 Å². The largest absolute Gasteiger partial charge is 0.491 e. The molecule has 0 atom stereocenters. The maximum Gasteiger partial charge on any atom is 0.290 e. The first-order valence-electron chi connectivity index (χ1n) is 3.88. The number of aromatic amines is 1. The van der Waals surface area contributed by atoms with E-state index in [1.165, 1.54) is 7.11 Å². The van der Waals surface area contributed by atoms with Crippen LogP contribution in [0.5, 0.6) is 5.75 Å². The molecule has 78 valence electrons. The zero-order valence-corrected chi connectivity index (χ0v) is 7.51. The Bertz CT molecular complexity index is 376. The van der Waals surface area contributed by atoms with E-state index in [1.807, 2.05) is 0 Å². The summed E-state index contributed by atoms with van der Waals surface area (Å²) in [5.74, 6) is -0.141. The van der Waals surface area contributed by atoms with Crippen LogP contribution >= 0.6 is 0 Å². The average Bonchev–Trinajstić information content (AvgIpc) is 2.16. The lowest BCUT2D eigenvalue weighted by molar-refractivity contribution is 0.149. The van der Waals surface area contributed by atoms with Gasteiger partial charge in [0.15, 0.2) is 5.75 Å². The molecule has 0 spiro atoms. The predicted molar refractivity (Wildman–Crippen MR) is 46.5 cm³/mol. The summed E-state index contributed by atoms with van der Waals surface area (Å²) in [7, 11) is 1.24. The number of aromatic nitrogens is 1. The second kappa shape index (κ2) is 4.19. The normalized spacial score (nSPS) is 10.6. The van der Waals surface area contributed by atoms with E-state index in [9.17, 15) is 13.6 Å². The molecule has 14 heavy (non-hydrogen) atoms. The van der Waals surface area contributed by atoms with E-state index in [2.05, 4.69) is 9.72 Å². The number of ether oxygens (including phenoxy) is 1. The fourth-order valence-electron chi connectivity index (χ4n) is 1.08. The number of rotatable bonds is 3. The van der Waals surface area contributed by atoms with Crippen molar-refractivity contribution in [2.24, 2.45) is 5.73 Å². The van der Waals surface area contributed by atoms with Gasteiger partial charge in [-0.15, -0.1) is 0 Å². The minimum atomic E-state index is -2.68. The van der Waals surface area contributed by atoms with Gasteiger partial charge in [-0.25, -0.2) is 8.78 Å². The summed E-state index contributed by atoms with van der Waals surface area (Å²) in [6.07, 6.45) is -2.68. The van der Waals surface area contributed by atoms with Crippen molar-refractivity contribution in [2.45, 2.75) is 13.0 Å². The molecule has 0 aliphatic carbocycles. The van der Waals surface area contributed by atoms with Crippen molar-refractivity contribution in [3.05, 3.63) is 27.7 Å². The van der Waals surface area contributed by atoms with Crippen LogP contribution in [0.1, 0.15) is 17.7 Å². The van der Waals surface area contributed by atoms with Crippen LogP contribution in [-0.4, -0.2) is 12.1 Å². The van der Waals surface area contributed by atoms with Crippen molar-refractivity contribution >= 4 is 0 Å². The zero-order valence-electron chi connectivity index (χ0n) is 7.51. The first-order chi connectivity index (χ1) is 6.60. The molecule has 0 unspecified atom stereocenters.